The Morgan fingerprint density at radius 3 is 1.34 bits per heavy atom. The summed E-state index contributed by atoms with van der Waals surface area (Å²) in [6, 6.07) is 79.4. The van der Waals surface area contributed by atoms with E-state index < -0.39 is 0 Å². The molecule has 0 aliphatic heterocycles. The molecule has 0 spiro atoms. The molecule has 0 saturated heterocycles. The molecule has 2 heterocycles. The number of hydrogen-bond acceptors (Lipinski definition) is 0. The minimum atomic E-state index is 1.15. The van der Waals surface area contributed by atoms with Gasteiger partial charge in [0.05, 0.1) is 22.1 Å². The second-order valence-electron chi connectivity index (χ2n) is 14.5. The van der Waals surface area contributed by atoms with E-state index in [0.29, 0.717) is 0 Å². The van der Waals surface area contributed by atoms with Crippen LogP contribution in [-0.2, 0) is 0 Å². The number of hydrogen-bond donors (Lipinski definition) is 0. The Hall–Kier alpha value is -7.42. The maximum atomic E-state index is 2.41. The van der Waals surface area contributed by atoms with Crippen molar-refractivity contribution in [2.75, 3.05) is 0 Å². The Bertz CT molecular complexity index is 3210. The quantitative estimate of drug-likeness (QED) is 0.162. The molecule has 2 nitrogen and oxygen atoms in total. The van der Waals surface area contributed by atoms with E-state index in [1.807, 2.05) is 0 Å². The van der Waals surface area contributed by atoms with E-state index in [4.69, 9.17) is 0 Å². The maximum absolute atomic E-state index is 2.41. The molecule has 0 amide bonds. The van der Waals surface area contributed by atoms with Gasteiger partial charge in [-0.2, -0.15) is 0 Å². The lowest BCUT2D eigenvalue weighted by Crippen LogP contribution is -1.93. The van der Waals surface area contributed by atoms with Crippen LogP contribution in [0.4, 0.5) is 0 Å². The van der Waals surface area contributed by atoms with E-state index in [1.54, 1.807) is 0 Å². The fraction of sp³-hybridized carbons (Fsp3) is 0. The Balaban J connectivity index is 1.07. The van der Waals surface area contributed by atoms with Crippen LogP contribution in [0, 0.1) is 0 Å². The molecule has 0 aliphatic rings. The van der Waals surface area contributed by atoms with Crippen molar-refractivity contribution in [1.29, 1.82) is 0 Å². The molecule has 11 rings (SSSR count). The minimum absolute atomic E-state index is 1.15. The first-order chi connectivity index (χ1) is 27.8. The van der Waals surface area contributed by atoms with Crippen molar-refractivity contribution in [3.63, 3.8) is 0 Å². The zero-order valence-electron chi connectivity index (χ0n) is 30.7. The summed E-state index contributed by atoms with van der Waals surface area (Å²) in [6.07, 6.45) is 0. The van der Waals surface area contributed by atoms with Gasteiger partial charge in [0.15, 0.2) is 0 Å². The molecule has 56 heavy (non-hydrogen) atoms. The number of benzene rings is 9. The summed E-state index contributed by atoms with van der Waals surface area (Å²) >= 11 is 0. The number of nitrogens with zero attached hydrogens (tertiary/aromatic N) is 2. The Morgan fingerprint density at radius 2 is 0.661 bits per heavy atom. The molecule has 0 radical (unpaired) electrons. The van der Waals surface area contributed by atoms with E-state index in [-0.39, 0.29) is 0 Å². The Labute approximate surface area is 325 Å². The topological polar surface area (TPSA) is 9.86 Å². The molecule has 0 saturated carbocycles. The summed E-state index contributed by atoms with van der Waals surface area (Å²) in [5.41, 5.74) is 16.8. The molecule has 0 bridgehead atoms. The van der Waals surface area contributed by atoms with E-state index >= 15 is 0 Å². The highest BCUT2D eigenvalue weighted by molar-refractivity contribution is 6.17. The monoisotopic (exact) mass is 712 g/mol. The summed E-state index contributed by atoms with van der Waals surface area (Å²) in [5.74, 6) is 0. The zero-order valence-corrected chi connectivity index (χ0v) is 30.7. The minimum Gasteiger partial charge on any atom is -0.309 e. The fourth-order valence-corrected chi connectivity index (χ4v) is 8.70. The summed E-state index contributed by atoms with van der Waals surface area (Å²) in [6.45, 7) is 0. The lowest BCUT2D eigenvalue weighted by molar-refractivity contribution is 1.18. The normalized spacial score (nSPS) is 11.6. The molecule has 2 aromatic heterocycles. The SMILES string of the molecule is c1ccc(-c2cccc(-c3ccc(-c4cccc5c4c4cc(-c6ccc7c(c6)c6ccccc6n7-c6ccccc6)ccc4n5-c4ccccc4)cc3)c2)cc1. The summed E-state index contributed by atoms with van der Waals surface area (Å²) in [4.78, 5) is 0. The van der Waals surface area contributed by atoms with Crippen LogP contribution in [0.3, 0.4) is 0 Å². The maximum Gasteiger partial charge on any atom is 0.0547 e. The molecule has 0 fully saturated rings. The molecular formula is C54H36N2. The van der Waals surface area contributed by atoms with Crippen molar-refractivity contribution in [3.8, 4) is 55.9 Å². The number of aromatic nitrogens is 2. The average molecular weight is 713 g/mol. The van der Waals surface area contributed by atoms with Crippen LogP contribution in [0.2, 0.25) is 0 Å². The van der Waals surface area contributed by atoms with Gasteiger partial charge in [-0.15, -0.1) is 0 Å². The van der Waals surface area contributed by atoms with Crippen LogP contribution >= 0.6 is 0 Å². The molecule has 0 N–H and O–H groups in total. The number of fused-ring (bicyclic) bond motifs is 6. The summed E-state index contributed by atoms with van der Waals surface area (Å²) in [7, 11) is 0. The third kappa shape index (κ3) is 5.26. The lowest BCUT2D eigenvalue weighted by atomic mass is 9.94. The molecule has 0 atom stereocenters. The van der Waals surface area contributed by atoms with Crippen molar-refractivity contribution >= 4 is 43.6 Å². The first kappa shape index (κ1) is 32.0. The van der Waals surface area contributed by atoms with Crippen LogP contribution in [0.15, 0.2) is 218 Å². The number of para-hydroxylation sites is 3. The van der Waals surface area contributed by atoms with Gasteiger partial charge in [0.2, 0.25) is 0 Å². The second-order valence-corrected chi connectivity index (χ2v) is 14.5. The Morgan fingerprint density at radius 1 is 0.232 bits per heavy atom. The van der Waals surface area contributed by atoms with Crippen molar-refractivity contribution < 1.29 is 0 Å². The lowest BCUT2D eigenvalue weighted by Gasteiger charge is -2.10. The van der Waals surface area contributed by atoms with Crippen molar-refractivity contribution in [1.82, 2.24) is 9.13 Å². The standard InChI is InChI=1S/C54H36N2/c1-4-14-37(15-5-1)40-16-12-17-41(34-40)38-26-28-39(29-27-38)46-23-13-25-53-54(46)49-36-43(31-33-52(49)56(53)45-20-8-3-9-21-45)42-30-32-51-48(35-42)47-22-10-11-24-50(47)55(51)44-18-6-2-7-19-44/h1-36H. The highest BCUT2D eigenvalue weighted by Gasteiger charge is 2.18. The highest BCUT2D eigenvalue weighted by atomic mass is 15.0. The van der Waals surface area contributed by atoms with Crippen LogP contribution in [-0.4, -0.2) is 9.13 Å². The van der Waals surface area contributed by atoms with E-state index in [1.165, 1.54) is 93.8 Å². The van der Waals surface area contributed by atoms with E-state index in [9.17, 15) is 0 Å². The van der Waals surface area contributed by atoms with Gasteiger partial charge in [0.25, 0.3) is 0 Å². The molecule has 0 unspecified atom stereocenters. The van der Waals surface area contributed by atoms with Gasteiger partial charge in [0, 0.05) is 32.9 Å². The highest BCUT2D eigenvalue weighted by Crippen LogP contribution is 2.42. The first-order valence-electron chi connectivity index (χ1n) is 19.3. The summed E-state index contributed by atoms with van der Waals surface area (Å²) < 4.78 is 4.79. The van der Waals surface area contributed by atoms with Crippen molar-refractivity contribution in [3.05, 3.63) is 218 Å². The molecule has 262 valence electrons. The second kappa shape index (κ2) is 13.2. The van der Waals surface area contributed by atoms with Crippen LogP contribution < -0.4 is 0 Å². The van der Waals surface area contributed by atoms with Gasteiger partial charge in [-0.1, -0.05) is 152 Å². The third-order valence-electron chi connectivity index (χ3n) is 11.3. The zero-order chi connectivity index (χ0) is 37.0. The first-order valence-corrected chi connectivity index (χ1v) is 19.3. The van der Waals surface area contributed by atoms with Gasteiger partial charge in [-0.05, 0) is 111 Å². The van der Waals surface area contributed by atoms with Crippen molar-refractivity contribution in [2.24, 2.45) is 0 Å². The molecular weight excluding hydrogens is 677 g/mol. The van der Waals surface area contributed by atoms with Crippen LogP contribution in [0.25, 0.3) is 99.5 Å². The molecule has 11 aromatic rings. The Kier molecular flexibility index (Phi) is 7.53. The fourth-order valence-electron chi connectivity index (χ4n) is 8.70. The van der Waals surface area contributed by atoms with Gasteiger partial charge >= 0.3 is 0 Å². The molecule has 2 heteroatoms. The van der Waals surface area contributed by atoms with Gasteiger partial charge in [-0.3, -0.25) is 0 Å². The smallest absolute Gasteiger partial charge is 0.0547 e. The third-order valence-corrected chi connectivity index (χ3v) is 11.3. The van der Waals surface area contributed by atoms with Gasteiger partial charge in [0.1, 0.15) is 0 Å². The predicted octanol–water partition coefficient (Wildman–Crippen LogP) is 14.5. The molecule has 9 aromatic carbocycles. The van der Waals surface area contributed by atoms with Crippen LogP contribution in [0.5, 0.6) is 0 Å². The van der Waals surface area contributed by atoms with Gasteiger partial charge in [-0.25, -0.2) is 0 Å². The largest absolute Gasteiger partial charge is 0.309 e. The molecule has 0 aliphatic carbocycles. The average Bonchev–Trinajstić information content (AvgIpc) is 3.80. The number of rotatable bonds is 6. The summed E-state index contributed by atoms with van der Waals surface area (Å²) in [5, 5.41) is 5.01. The van der Waals surface area contributed by atoms with E-state index in [0.717, 1.165) is 5.69 Å². The van der Waals surface area contributed by atoms with E-state index in [2.05, 4.69) is 228 Å². The van der Waals surface area contributed by atoms with Gasteiger partial charge < -0.3 is 9.13 Å². The predicted molar refractivity (Wildman–Crippen MR) is 237 cm³/mol. The van der Waals surface area contributed by atoms with Crippen LogP contribution in [0.1, 0.15) is 0 Å². The van der Waals surface area contributed by atoms with Crippen molar-refractivity contribution in [2.45, 2.75) is 0 Å².